The lowest BCUT2D eigenvalue weighted by Gasteiger charge is -2.26. The van der Waals surface area contributed by atoms with Gasteiger partial charge in [0.1, 0.15) is 31.8 Å². The highest BCUT2D eigenvalue weighted by molar-refractivity contribution is 6.27. The van der Waals surface area contributed by atoms with Crippen LogP contribution in [0.2, 0.25) is 0 Å². The van der Waals surface area contributed by atoms with Gasteiger partial charge in [0.25, 0.3) is 5.91 Å². The second kappa shape index (κ2) is 11.2. The predicted octanol–water partition coefficient (Wildman–Crippen LogP) is 1.88. The molecule has 36 heavy (non-hydrogen) atoms. The molecule has 188 valence electrons. The van der Waals surface area contributed by atoms with Crippen molar-refractivity contribution in [2.24, 2.45) is 0 Å². The number of amides is 3. The third-order valence-corrected chi connectivity index (χ3v) is 6.19. The van der Waals surface area contributed by atoms with E-state index >= 15 is 0 Å². The van der Waals surface area contributed by atoms with Crippen LogP contribution in [0.15, 0.2) is 30.3 Å². The van der Waals surface area contributed by atoms with Gasteiger partial charge in [-0.05, 0) is 17.7 Å². The summed E-state index contributed by atoms with van der Waals surface area (Å²) in [7, 11) is 5.90. The van der Waals surface area contributed by atoms with Crippen molar-refractivity contribution in [3.63, 3.8) is 0 Å². The van der Waals surface area contributed by atoms with Crippen LogP contribution < -0.4 is 10.1 Å². The maximum atomic E-state index is 14.8. The van der Waals surface area contributed by atoms with E-state index in [1.807, 2.05) is 6.07 Å². The summed E-state index contributed by atoms with van der Waals surface area (Å²) in [4.78, 5) is 39.8. The van der Waals surface area contributed by atoms with Crippen LogP contribution in [0.5, 0.6) is 5.75 Å². The number of nitrogens with zero attached hydrogens (tertiary/aromatic N) is 2. The third-order valence-electron chi connectivity index (χ3n) is 6.19. The van der Waals surface area contributed by atoms with E-state index in [2.05, 4.69) is 10.2 Å². The molecule has 4 rings (SSSR count). The Hall–Kier alpha value is -3.31. The highest BCUT2D eigenvalue weighted by Gasteiger charge is 2.36. The number of benzene rings is 2. The Morgan fingerprint density at radius 2 is 1.94 bits per heavy atom. The van der Waals surface area contributed by atoms with Crippen LogP contribution in [0.1, 0.15) is 40.4 Å². The van der Waals surface area contributed by atoms with Gasteiger partial charge in [0.05, 0.1) is 31.3 Å². The van der Waals surface area contributed by atoms with Crippen molar-refractivity contribution in [3.8, 4) is 5.75 Å². The van der Waals surface area contributed by atoms with Gasteiger partial charge in [0.15, 0.2) is 0 Å². The SMILES string of the molecule is [B]C(C(=O)NC(=O)CC)N1Cc2c(OCc3ccc(CN4CCOCC4)cc3F)cc(F)cc2C1=O. The minimum Gasteiger partial charge on any atom is -0.488 e. The van der Waals surface area contributed by atoms with E-state index in [1.54, 1.807) is 13.0 Å². The van der Waals surface area contributed by atoms with E-state index in [-0.39, 0.29) is 36.4 Å². The maximum Gasteiger partial charge on any atom is 0.254 e. The molecule has 8 nitrogen and oxygen atoms in total. The summed E-state index contributed by atoms with van der Waals surface area (Å²) in [5, 5.41) is 2.11. The second-order valence-corrected chi connectivity index (χ2v) is 8.68. The Bertz CT molecular complexity index is 1170. The first kappa shape index (κ1) is 25.8. The highest BCUT2D eigenvalue weighted by Crippen LogP contribution is 2.33. The number of fused-ring (bicyclic) bond motifs is 1. The Balaban J connectivity index is 1.45. The Kier molecular flexibility index (Phi) is 8.00. The number of nitrogens with one attached hydrogen (secondary N) is 1. The minimum absolute atomic E-state index is 0.00333. The van der Waals surface area contributed by atoms with E-state index in [0.717, 1.165) is 35.7 Å². The minimum atomic E-state index is -1.45. The van der Waals surface area contributed by atoms with E-state index in [1.165, 1.54) is 6.07 Å². The summed E-state index contributed by atoms with van der Waals surface area (Å²) >= 11 is 0. The predicted molar refractivity (Wildman–Crippen MR) is 126 cm³/mol. The monoisotopic (exact) mass is 497 g/mol. The molecule has 0 aromatic heterocycles. The van der Waals surface area contributed by atoms with Crippen molar-refractivity contribution < 1.29 is 32.6 Å². The first-order valence-electron chi connectivity index (χ1n) is 11.7. The molecular weight excluding hydrogens is 471 g/mol. The number of morpholine rings is 1. The Labute approximate surface area is 208 Å². The van der Waals surface area contributed by atoms with Crippen molar-refractivity contribution in [2.75, 3.05) is 26.3 Å². The molecule has 0 spiro atoms. The van der Waals surface area contributed by atoms with Gasteiger partial charge in [0.2, 0.25) is 11.8 Å². The molecule has 3 amide bonds. The van der Waals surface area contributed by atoms with Gasteiger partial charge in [-0.1, -0.05) is 19.1 Å². The van der Waals surface area contributed by atoms with Gasteiger partial charge in [-0.15, -0.1) is 0 Å². The van der Waals surface area contributed by atoms with Crippen LogP contribution in [-0.2, 0) is 34.0 Å². The lowest BCUT2D eigenvalue weighted by molar-refractivity contribution is -0.131. The number of hydrogen-bond acceptors (Lipinski definition) is 6. The van der Waals surface area contributed by atoms with Crippen LogP contribution in [0.25, 0.3) is 0 Å². The fourth-order valence-electron chi connectivity index (χ4n) is 4.14. The zero-order valence-electron chi connectivity index (χ0n) is 19.9. The number of carbonyl (C=O) groups is 3. The fraction of sp³-hybridized carbons (Fsp3) is 0.400. The molecule has 2 radical (unpaired) electrons. The van der Waals surface area contributed by atoms with E-state index < -0.39 is 35.3 Å². The molecule has 1 unspecified atom stereocenters. The Morgan fingerprint density at radius 1 is 1.19 bits per heavy atom. The van der Waals surface area contributed by atoms with Gasteiger partial charge in [0, 0.05) is 43.2 Å². The largest absolute Gasteiger partial charge is 0.488 e. The molecule has 2 heterocycles. The zero-order valence-corrected chi connectivity index (χ0v) is 19.9. The van der Waals surface area contributed by atoms with Crippen molar-refractivity contribution in [1.82, 2.24) is 15.1 Å². The number of rotatable bonds is 8. The van der Waals surface area contributed by atoms with Crippen LogP contribution in [0, 0.1) is 11.6 Å². The molecule has 2 aromatic rings. The first-order chi connectivity index (χ1) is 17.3. The van der Waals surface area contributed by atoms with Crippen LogP contribution in [0.3, 0.4) is 0 Å². The van der Waals surface area contributed by atoms with Crippen molar-refractivity contribution in [1.29, 1.82) is 0 Å². The summed E-state index contributed by atoms with van der Waals surface area (Å²) in [6.45, 7) is 4.73. The summed E-state index contributed by atoms with van der Waals surface area (Å²) < 4.78 is 40.1. The topological polar surface area (TPSA) is 88.2 Å². The lowest BCUT2D eigenvalue weighted by atomic mass is 9.93. The van der Waals surface area contributed by atoms with Crippen LogP contribution in [-0.4, -0.2) is 67.6 Å². The average Bonchev–Trinajstić information content (AvgIpc) is 3.19. The lowest BCUT2D eigenvalue weighted by Crippen LogP contribution is -2.49. The smallest absolute Gasteiger partial charge is 0.254 e. The second-order valence-electron chi connectivity index (χ2n) is 8.68. The average molecular weight is 497 g/mol. The Morgan fingerprint density at radius 3 is 2.64 bits per heavy atom. The third kappa shape index (κ3) is 5.74. The molecule has 2 aromatic carbocycles. The molecule has 1 N–H and O–H groups in total. The number of carbonyl (C=O) groups excluding carboxylic acids is 3. The van der Waals surface area contributed by atoms with Gasteiger partial charge in [-0.25, -0.2) is 8.78 Å². The van der Waals surface area contributed by atoms with Crippen LogP contribution >= 0.6 is 0 Å². The molecule has 2 aliphatic heterocycles. The molecule has 2 aliphatic rings. The highest BCUT2D eigenvalue weighted by atomic mass is 19.1. The molecule has 1 fully saturated rings. The fourth-order valence-corrected chi connectivity index (χ4v) is 4.14. The summed E-state index contributed by atoms with van der Waals surface area (Å²) in [5.74, 6) is -4.62. The zero-order chi connectivity index (χ0) is 25.8. The number of ether oxygens (including phenoxy) is 2. The summed E-state index contributed by atoms with van der Waals surface area (Å²) in [5.41, 5.74) is 1.42. The van der Waals surface area contributed by atoms with E-state index in [4.69, 9.17) is 17.3 Å². The quantitative estimate of drug-likeness (QED) is 0.561. The molecule has 0 aliphatic carbocycles. The number of hydrogen-bond donors (Lipinski definition) is 1. The number of imide groups is 1. The van der Waals surface area contributed by atoms with E-state index in [9.17, 15) is 23.2 Å². The first-order valence-corrected chi connectivity index (χ1v) is 11.7. The van der Waals surface area contributed by atoms with Crippen molar-refractivity contribution >= 4 is 25.6 Å². The molecule has 1 saturated heterocycles. The summed E-state index contributed by atoms with van der Waals surface area (Å²) in [6, 6.07) is 7.02. The summed E-state index contributed by atoms with van der Waals surface area (Å²) in [6.07, 6.45) is 0.0700. The van der Waals surface area contributed by atoms with Crippen molar-refractivity contribution in [3.05, 3.63) is 64.2 Å². The molecule has 11 heteroatoms. The molecule has 1 atom stereocenters. The molecule has 0 bridgehead atoms. The maximum absolute atomic E-state index is 14.8. The normalized spacial score (nSPS) is 16.5. The van der Waals surface area contributed by atoms with Gasteiger partial charge in [-0.3, -0.25) is 24.6 Å². The van der Waals surface area contributed by atoms with Gasteiger partial charge >= 0.3 is 0 Å². The number of halogens is 2. The molecule has 0 saturated carbocycles. The van der Waals surface area contributed by atoms with Gasteiger partial charge in [-0.2, -0.15) is 0 Å². The van der Waals surface area contributed by atoms with Crippen LogP contribution in [0.4, 0.5) is 8.78 Å². The van der Waals surface area contributed by atoms with E-state index in [0.29, 0.717) is 25.3 Å². The van der Waals surface area contributed by atoms with Crippen molar-refractivity contribution in [2.45, 2.75) is 39.0 Å². The molecular formula is C25H26BF2N3O5. The van der Waals surface area contributed by atoms with Gasteiger partial charge < -0.3 is 14.4 Å². The standard InChI is InChI=1S/C25H26BF2N3O5/c1-2-22(32)29-24(33)23(26)31-13-19-18(25(31)34)10-17(27)11-21(19)36-14-16-4-3-15(9-20(16)28)12-30-5-7-35-8-6-30/h3-4,9-11,23H,2,5-8,12-14H2,1H3,(H,29,32,33).